The smallest absolute Gasteiger partial charge is 0.349 e. The average molecular weight is 646 g/mol. The van der Waals surface area contributed by atoms with Crippen LogP contribution in [0.5, 0.6) is 0 Å². The fourth-order valence-corrected chi connectivity index (χ4v) is 4.77. The maximum atomic E-state index is 13.7. The lowest BCUT2D eigenvalue weighted by atomic mass is 9.95. The van der Waals surface area contributed by atoms with Crippen molar-refractivity contribution in [2.24, 2.45) is 0 Å². The van der Waals surface area contributed by atoms with Gasteiger partial charge in [0.25, 0.3) is 5.91 Å². The molecule has 1 aromatic carbocycles. The van der Waals surface area contributed by atoms with Crippen molar-refractivity contribution in [1.82, 2.24) is 35.1 Å². The molecule has 0 unspecified atom stereocenters. The molecule has 0 spiro atoms. The van der Waals surface area contributed by atoms with E-state index in [9.17, 15) is 35.9 Å². The molecule has 0 atom stereocenters. The van der Waals surface area contributed by atoms with E-state index < -0.39 is 42.0 Å². The van der Waals surface area contributed by atoms with Gasteiger partial charge in [-0.3, -0.25) is 9.59 Å². The van der Waals surface area contributed by atoms with E-state index in [1.807, 2.05) is 0 Å². The molecule has 0 aliphatic heterocycles. The molecule has 0 bridgehead atoms. The van der Waals surface area contributed by atoms with Crippen LogP contribution in [0.1, 0.15) is 61.9 Å². The molecule has 3 heterocycles. The molecule has 17 heteroatoms. The number of rotatable bonds is 8. The predicted octanol–water partition coefficient (Wildman–Crippen LogP) is 5.88. The second-order valence-electron chi connectivity index (χ2n) is 9.76. The van der Waals surface area contributed by atoms with Crippen LogP contribution in [0.3, 0.4) is 0 Å². The average Bonchev–Trinajstić information content (AvgIpc) is 3.43. The monoisotopic (exact) mass is 645 g/mol. The number of alkyl halides is 6. The first-order chi connectivity index (χ1) is 20.1. The van der Waals surface area contributed by atoms with Crippen LogP contribution in [0.15, 0.2) is 36.5 Å². The van der Waals surface area contributed by atoms with Crippen LogP contribution < -0.4 is 5.32 Å². The van der Waals surface area contributed by atoms with Gasteiger partial charge in [-0.2, -0.15) is 36.2 Å². The molecule has 9 nitrogen and oxygen atoms in total. The molecule has 1 saturated carbocycles. The number of halogens is 8. The van der Waals surface area contributed by atoms with Gasteiger partial charge >= 0.3 is 12.4 Å². The minimum atomic E-state index is -5.43. The summed E-state index contributed by atoms with van der Waals surface area (Å²) in [6, 6.07) is 7.15. The Kier molecular flexibility index (Phi) is 7.98. The van der Waals surface area contributed by atoms with Crippen molar-refractivity contribution in [3.63, 3.8) is 0 Å². The minimum absolute atomic E-state index is 0.0252. The van der Waals surface area contributed by atoms with E-state index in [-0.39, 0.29) is 50.1 Å². The molecule has 43 heavy (non-hydrogen) atoms. The van der Waals surface area contributed by atoms with E-state index in [2.05, 4.69) is 25.6 Å². The molecule has 4 aromatic rings. The van der Waals surface area contributed by atoms with Crippen LogP contribution >= 0.6 is 23.2 Å². The highest BCUT2D eigenvalue weighted by atomic mass is 35.5. The normalized spacial score (nSPS) is 13.8. The van der Waals surface area contributed by atoms with Gasteiger partial charge in [-0.25, -0.2) is 9.67 Å². The summed E-state index contributed by atoms with van der Waals surface area (Å²) in [6.07, 6.45) is -8.18. The highest BCUT2D eigenvalue weighted by molar-refractivity contribution is 6.32. The van der Waals surface area contributed by atoms with Crippen molar-refractivity contribution in [1.29, 1.82) is 0 Å². The minimum Gasteiger partial charge on any atom is -0.349 e. The van der Waals surface area contributed by atoms with E-state index in [1.54, 1.807) is 13.0 Å². The zero-order valence-corrected chi connectivity index (χ0v) is 23.4. The van der Waals surface area contributed by atoms with Gasteiger partial charge in [-0.05, 0) is 61.2 Å². The van der Waals surface area contributed by atoms with E-state index in [1.165, 1.54) is 24.4 Å². The molecule has 0 radical (unpaired) electrons. The first-order valence-corrected chi connectivity index (χ1v) is 13.3. The zero-order valence-electron chi connectivity index (χ0n) is 21.9. The van der Waals surface area contributed by atoms with Crippen molar-refractivity contribution >= 4 is 34.9 Å². The van der Waals surface area contributed by atoms with Crippen molar-refractivity contribution in [3.05, 3.63) is 86.0 Å². The standard InChI is InChI=1S/C26H19Cl2F6N7O2/c1-12-7-13(27)8-17(24(43)36-14-4-5-14)16(12)10-20(42)19-9-15(37-41(19)23-18(28)3-2-6-35-23)11-40-38-21(25(29,30)31)22(39-40)26(32,33)34/h2-3,6-9,14H,4-5,10-11H2,1H3,(H,36,43). The fraction of sp³-hybridized carbons (Fsp3) is 0.308. The first kappa shape index (κ1) is 30.5. The van der Waals surface area contributed by atoms with Crippen LogP contribution in [0.25, 0.3) is 5.82 Å². The number of nitrogens with one attached hydrogen (secondary N) is 1. The molecule has 1 fully saturated rings. The van der Waals surface area contributed by atoms with Crippen molar-refractivity contribution < 1.29 is 35.9 Å². The van der Waals surface area contributed by atoms with Gasteiger partial charge in [0.1, 0.15) is 12.2 Å². The highest BCUT2D eigenvalue weighted by Crippen LogP contribution is 2.38. The number of nitrogens with zero attached hydrogens (tertiary/aromatic N) is 6. The molecule has 226 valence electrons. The van der Waals surface area contributed by atoms with Gasteiger partial charge in [-0.15, -0.1) is 10.2 Å². The number of carbonyl (C=O) groups is 2. The van der Waals surface area contributed by atoms with Crippen LogP contribution in [-0.4, -0.2) is 47.5 Å². The molecule has 1 amide bonds. The SMILES string of the molecule is Cc1cc(Cl)cc(C(=O)NC2CC2)c1CC(=O)c1cc(Cn2nc(C(F)(F)F)c(C(F)(F)F)n2)nn1-c1ncccc1Cl. The summed E-state index contributed by atoms with van der Waals surface area (Å²) in [6.45, 7) is 0.909. The Labute approximate surface area is 248 Å². The van der Waals surface area contributed by atoms with Crippen molar-refractivity contribution in [2.75, 3.05) is 0 Å². The highest BCUT2D eigenvalue weighted by Gasteiger charge is 2.48. The Bertz CT molecular complexity index is 1700. The van der Waals surface area contributed by atoms with Gasteiger partial charge in [0.15, 0.2) is 23.0 Å². The lowest BCUT2D eigenvalue weighted by molar-refractivity contribution is -0.165. The molecule has 3 aromatic heterocycles. The van der Waals surface area contributed by atoms with Gasteiger partial charge in [-0.1, -0.05) is 23.2 Å². The predicted molar refractivity (Wildman–Crippen MR) is 140 cm³/mol. The molecule has 1 N–H and O–H groups in total. The molecule has 0 saturated heterocycles. The van der Waals surface area contributed by atoms with E-state index in [0.29, 0.717) is 11.1 Å². The summed E-state index contributed by atoms with van der Waals surface area (Å²) in [7, 11) is 0. The number of ketones is 1. The number of aromatic nitrogens is 6. The molecule has 1 aliphatic carbocycles. The third kappa shape index (κ3) is 6.67. The lowest BCUT2D eigenvalue weighted by Crippen LogP contribution is -2.27. The molecular formula is C26H19Cl2F6N7O2. The summed E-state index contributed by atoms with van der Waals surface area (Å²) in [4.78, 5) is 31.0. The summed E-state index contributed by atoms with van der Waals surface area (Å²) >= 11 is 12.5. The molecular weight excluding hydrogens is 627 g/mol. The number of aryl methyl sites for hydroxylation is 1. The quantitative estimate of drug-likeness (QED) is 0.190. The number of pyridine rings is 1. The third-order valence-electron chi connectivity index (χ3n) is 6.41. The largest absolute Gasteiger partial charge is 0.437 e. The van der Waals surface area contributed by atoms with E-state index >= 15 is 0 Å². The van der Waals surface area contributed by atoms with Gasteiger partial charge < -0.3 is 5.32 Å². The summed E-state index contributed by atoms with van der Waals surface area (Å²) < 4.78 is 80.6. The Morgan fingerprint density at radius 3 is 2.23 bits per heavy atom. The number of hydrogen-bond acceptors (Lipinski definition) is 6. The molecule has 1 aliphatic rings. The van der Waals surface area contributed by atoms with E-state index in [0.717, 1.165) is 23.6 Å². The Morgan fingerprint density at radius 2 is 1.65 bits per heavy atom. The van der Waals surface area contributed by atoms with E-state index in [4.69, 9.17) is 23.2 Å². The zero-order chi connectivity index (χ0) is 31.3. The van der Waals surface area contributed by atoms with Crippen LogP contribution in [0.2, 0.25) is 10.0 Å². The van der Waals surface area contributed by atoms with Crippen LogP contribution in [0, 0.1) is 6.92 Å². The Balaban J connectivity index is 1.54. The number of amides is 1. The fourth-order valence-electron chi connectivity index (χ4n) is 4.30. The topological polar surface area (TPSA) is 108 Å². The molecule has 5 rings (SSSR count). The summed E-state index contributed by atoms with van der Waals surface area (Å²) in [5, 5.41) is 13.4. The number of carbonyl (C=O) groups excluding carboxylic acids is 2. The summed E-state index contributed by atoms with van der Waals surface area (Å²) in [5.41, 5.74) is -3.64. The van der Waals surface area contributed by atoms with Crippen molar-refractivity contribution in [3.8, 4) is 5.82 Å². The lowest BCUT2D eigenvalue weighted by Gasteiger charge is -2.14. The third-order valence-corrected chi connectivity index (χ3v) is 6.93. The van der Waals surface area contributed by atoms with Crippen LogP contribution in [0.4, 0.5) is 26.3 Å². The summed E-state index contributed by atoms with van der Waals surface area (Å²) in [5.74, 6) is -1.05. The van der Waals surface area contributed by atoms with Gasteiger partial charge in [0.05, 0.1) is 10.7 Å². The van der Waals surface area contributed by atoms with Crippen LogP contribution in [-0.2, 0) is 25.3 Å². The second-order valence-corrected chi connectivity index (χ2v) is 10.6. The number of hydrogen-bond donors (Lipinski definition) is 1. The first-order valence-electron chi connectivity index (χ1n) is 12.5. The Morgan fingerprint density at radius 1 is 1.00 bits per heavy atom. The Hall–Kier alpha value is -3.98. The maximum absolute atomic E-state index is 13.7. The number of Topliss-reactive ketones (excluding diaryl/α,β-unsaturated/α-hetero) is 1. The maximum Gasteiger partial charge on any atom is 0.437 e. The van der Waals surface area contributed by atoms with Crippen molar-refractivity contribution in [2.45, 2.75) is 51.1 Å². The second kappa shape index (κ2) is 11.3. The number of benzene rings is 1. The van der Waals surface area contributed by atoms with Gasteiger partial charge in [0, 0.05) is 29.2 Å². The van der Waals surface area contributed by atoms with Gasteiger partial charge in [0.2, 0.25) is 0 Å².